The molecule has 1 amide bonds. The van der Waals surface area contributed by atoms with Crippen LogP contribution in [0.5, 0.6) is 0 Å². The summed E-state index contributed by atoms with van der Waals surface area (Å²) < 4.78 is 0. The second kappa shape index (κ2) is 4.47. The van der Waals surface area contributed by atoms with Crippen LogP contribution >= 0.6 is 23.4 Å². The van der Waals surface area contributed by atoms with Gasteiger partial charge in [-0.15, -0.1) is 0 Å². The Hall–Kier alpha value is -1.00. The number of hydrogen-bond donors (Lipinski definition) is 0. The number of benzene rings is 1. The molecule has 2 rings (SSSR count). The fourth-order valence-electron chi connectivity index (χ4n) is 1.38. The summed E-state index contributed by atoms with van der Waals surface area (Å²) in [5, 5.41) is 1.44. The van der Waals surface area contributed by atoms with Crippen LogP contribution in [0.1, 0.15) is 5.56 Å². The van der Waals surface area contributed by atoms with Crippen molar-refractivity contribution < 1.29 is 4.79 Å². The van der Waals surface area contributed by atoms with Gasteiger partial charge in [-0.2, -0.15) is 0 Å². The number of carbonyl (C=O) groups excluding carboxylic acids is 1. The number of thioether (sulfide) groups is 1. The van der Waals surface area contributed by atoms with Crippen molar-refractivity contribution in [3.05, 3.63) is 28.8 Å². The molecule has 0 unspecified atom stereocenters. The fourth-order valence-corrected chi connectivity index (χ4v) is 2.51. The van der Waals surface area contributed by atoms with E-state index in [1.807, 2.05) is 19.1 Å². The van der Waals surface area contributed by atoms with Crippen LogP contribution in [-0.2, 0) is 4.79 Å². The van der Waals surface area contributed by atoms with Gasteiger partial charge in [0, 0.05) is 12.1 Å². The standard InChI is InChI=1S/C11H11ClN2OS/c1-7-5-8(12)3-4-9(7)13-11-14(2)10(15)6-16-11/h3-5H,6H2,1-2H3. The summed E-state index contributed by atoms with van der Waals surface area (Å²) in [6.07, 6.45) is 0. The van der Waals surface area contributed by atoms with Crippen LogP contribution in [0.3, 0.4) is 0 Å². The molecule has 1 heterocycles. The first-order chi connectivity index (χ1) is 7.58. The molecule has 1 aliphatic heterocycles. The predicted octanol–water partition coefficient (Wildman–Crippen LogP) is 2.84. The van der Waals surface area contributed by atoms with Gasteiger partial charge in [0.25, 0.3) is 0 Å². The zero-order valence-corrected chi connectivity index (χ0v) is 10.6. The van der Waals surface area contributed by atoms with Gasteiger partial charge in [0.2, 0.25) is 5.91 Å². The second-order valence-electron chi connectivity index (χ2n) is 3.57. The number of nitrogens with zero attached hydrogens (tertiary/aromatic N) is 2. The van der Waals surface area contributed by atoms with E-state index in [4.69, 9.17) is 11.6 Å². The Kier molecular flexibility index (Phi) is 3.21. The number of hydrogen-bond acceptors (Lipinski definition) is 3. The molecule has 1 aromatic carbocycles. The van der Waals surface area contributed by atoms with Gasteiger partial charge in [-0.25, -0.2) is 4.99 Å². The maximum atomic E-state index is 11.3. The number of aryl methyl sites for hydroxylation is 1. The minimum absolute atomic E-state index is 0.0929. The largest absolute Gasteiger partial charge is 0.294 e. The Morgan fingerprint density at radius 3 is 2.81 bits per heavy atom. The Morgan fingerprint density at radius 1 is 1.50 bits per heavy atom. The first-order valence-corrected chi connectivity index (χ1v) is 6.18. The summed E-state index contributed by atoms with van der Waals surface area (Å²) >= 11 is 7.33. The zero-order chi connectivity index (χ0) is 11.7. The van der Waals surface area contributed by atoms with Gasteiger partial charge in [-0.05, 0) is 30.7 Å². The maximum Gasteiger partial charge on any atom is 0.238 e. The number of carbonyl (C=O) groups is 1. The van der Waals surface area contributed by atoms with Crippen molar-refractivity contribution in [3.8, 4) is 0 Å². The fraction of sp³-hybridized carbons (Fsp3) is 0.273. The van der Waals surface area contributed by atoms with Crippen LogP contribution < -0.4 is 0 Å². The van der Waals surface area contributed by atoms with E-state index in [-0.39, 0.29) is 5.91 Å². The lowest BCUT2D eigenvalue weighted by atomic mass is 10.2. The van der Waals surface area contributed by atoms with Gasteiger partial charge in [0.05, 0.1) is 11.4 Å². The highest BCUT2D eigenvalue weighted by molar-refractivity contribution is 8.15. The first-order valence-electron chi connectivity index (χ1n) is 4.82. The summed E-state index contributed by atoms with van der Waals surface area (Å²) in [5.41, 5.74) is 1.86. The lowest BCUT2D eigenvalue weighted by molar-refractivity contribution is -0.123. The van der Waals surface area contributed by atoms with E-state index in [1.165, 1.54) is 11.8 Å². The summed E-state index contributed by atoms with van der Waals surface area (Å²) in [6, 6.07) is 5.53. The smallest absolute Gasteiger partial charge is 0.238 e. The zero-order valence-electron chi connectivity index (χ0n) is 9.03. The SMILES string of the molecule is Cc1cc(Cl)ccc1N=C1SCC(=O)N1C. The van der Waals surface area contributed by atoms with Crippen molar-refractivity contribution in [3.63, 3.8) is 0 Å². The monoisotopic (exact) mass is 254 g/mol. The number of rotatable bonds is 1. The third-order valence-corrected chi connectivity index (χ3v) is 3.61. The Labute approximate surface area is 103 Å². The van der Waals surface area contributed by atoms with E-state index in [2.05, 4.69) is 4.99 Å². The summed E-state index contributed by atoms with van der Waals surface area (Å²) in [6.45, 7) is 1.95. The lowest BCUT2D eigenvalue weighted by Gasteiger charge is -2.08. The minimum Gasteiger partial charge on any atom is -0.294 e. The van der Waals surface area contributed by atoms with E-state index >= 15 is 0 Å². The van der Waals surface area contributed by atoms with Gasteiger partial charge in [0.15, 0.2) is 5.17 Å². The van der Waals surface area contributed by atoms with Crippen LogP contribution in [0.2, 0.25) is 5.02 Å². The molecule has 0 atom stereocenters. The van der Waals surface area contributed by atoms with Crippen molar-refractivity contribution in [1.82, 2.24) is 4.90 Å². The molecule has 0 spiro atoms. The van der Waals surface area contributed by atoms with E-state index in [0.717, 1.165) is 16.4 Å². The van der Waals surface area contributed by atoms with E-state index in [1.54, 1.807) is 18.0 Å². The van der Waals surface area contributed by atoms with Crippen LogP contribution in [0.4, 0.5) is 5.69 Å². The van der Waals surface area contributed by atoms with Gasteiger partial charge in [-0.1, -0.05) is 23.4 Å². The third kappa shape index (κ3) is 2.23. The van der Waals surface area contributed by atoms with Crippen molar-refractivity contribution in [2.75, 3.05) is 12.8 Å². The molecule has 1 saturated heterocycles. The molecule has 84 valence electrons. The first kappa shape index (κ1) is 11.5. The van der Waals surface area contributed by atoms with Gasteiger partial charge in [-0.3, -0.25) is 9.69 Å². The summed E-state index contributed by atoms with van der Waals surface area (Å²) in [7, 11) is 1.74. The third-order valence-electron chi connectivity index (χ3n) is 2.36. The summed E-state index contributed by atoms with van der Waals surface area (Å²) in [5.74, 6) is 0.567. The average molecular weight is 255 g/mol. The average Bonchev–Trinajstić information content (AvgIpc) is 2.54. The van der Waals surface area contributed by atoms with Crippen LogP contribution in [0.15, 0.2) is 23.2 Å². The highest BCUT2D eigenvalue weighted by atomic mass is 35.5. The molecule has 1 aliphatic rings. The van der Waals surface area contributed by atoms with Crippen LogP contribution in [-0.4, -0.2) is 28.8 Å². The van der Waals surface area contributed by atoms with Gasteiger partial charge in [0.1, 0.15) is 0 Å². The van der Waals surface area contributed by atoms with Crippen molar-refractivity contribution in [1.29, 1.82) is 0 Å². The van der Waals surface area contributed by atoms with E-state index in [0.29, 0.717) is 10.8 Å². The molecular weight excluding hydrogens is 244 g/mol. The molecule has 3 nitrogen and oxygen atoms in total. The van der Waals surface area contributed by atoms with Crippen molar-refractivity contribution in [2.45, 2.75) is 6.92 Å². The molecule has 1 aromatic rings. The molecule has 0 N–H and O–H groups in total. The topological polar surface area (TPSA) is 32.7 Å². The quantitative estimate of drug-likeness (QED) is 0.772. The van der Waals surface area contributed by atoms with E-state index < -0.39 is 0 Å². The second-order valence-corrected chi connectivity index (χ2v) is 4.95. The van der Waals surface area contributed by atoms with Crippen molar-refractivity contribution in [2.24, 2.45) is 4.99 Å². The van der Waals surface area contributed by atoms with Gasteiger partial charge >= 0.3 is 0 Å². The molecule has 0 saturated carbocycles. The van der Waals surface area contributed by atoms with Crippen molar-refractivity contribution >= 4 is 40.1 Å². The normalized spacial score (nSPS) is 18.6. The lowest BCUT2D eigenvalue weighted by Crippen LogP contribution is -2.24. The minimum atomic E-state index is 0.0929. The number of halogens is 1. The van der Waals surface area contributed by atoms with Gasteiger partial charge < -0.3 is 0 Å². The maximum absolute atomic E-state index is 11.3. The Bertz CT molecular complexity index is 473. The molecule has 0 bridgehead atoms. The Balaban J connectivity index is 2.33. The molecule has 16 heavy (non-hydrogen) atoms. The van der Waals surface area contributed by atoms with E-state index in [9.17, 15) is 4.79 Å². The van der Waals surface area contributed by atoms with Crippen LogP contribution in [0, 0.1) is 6.92 Å². The molecule has 1 fully saturated rings. The number of amidine groups is 1. The van der Waals surface area contributed by atoms with Crippen LogP contribution in [0.25, 0.3) is 0 Å². The number of amides is 1. The molecule has 0 aromatic heterocycles. The highest BCUT2D eigenvalue weighted by Crippen LogP contribution is 2.26. The number of aliphatic imine (C=N–C) groups is 1. The Morgan fingerprint density at radius 2 is 2.25 bits per heavy atom. The molecular formula is C11H11ClN2OS. The molecule has 0 radical (unpaired) electrons. The summed E-state index contributed by atoms with van der Waals surface area (Å²) in [4.78, 5) is 17.4. The predicted molar refractivity (Wildman–Crippen MR) is 68.5 cm³/mol. The molecule has 0 aliphatic carbocycles. The highest BCUT2D eigenvalue weighted by Gasteiger charge is 2.24. The molecule has 5 heteroatoms.